The van der Waals surface area contributed by atoms with Crippen molar-refractivity contribution in [2.75, 3.05) is 5.32 Å². The van der Waals surface area contributed by atoms with Crippen molar-refractivity contribution in [2.45, 2.75) is 19.9 Å². The van der Waals surface area contributed by atoms with Crippen LogP contribution in [-0.4, -0.2) is 4.92 Å². The fourth-order valence-electron chi connectivity index (χ4n) is 2.05. The van der Waals surface area contributed by atoms with Crippen molar-refractivity contribution in [1.29, 1.82) is 5.26 Å². The summed E-state index contributed by atoms with van der Waals surface area (Å²) >= 11 is 0. The third-order valence-corrected chi connectivity index (χ3v) is 3.27. The third kappa shape index (κ3) is 3.37. The summed E-state index contributed by atoms with van der Waals surface area (Å²) < 4.78 is 0. The van der Waals surface area contributed by atoms with E-state index in [4.69, 9.17) is 5.26 Å². The molecule has 0 fully saturated rings. The SMILES string of the molecule is Cc1ccc(C(C)Nc2ccc(C#N)cc2[N+](=O)[O-])cc1. The lowest BCUT2D eigenvalue weighted by molar-refractivity contribution is -0.384. The molecule has 5 heteroatoms. The average molecular weight is 281 g/mol. The highest BCUT2D eigenvalue weighted by atomic mass is 16.6. The van der Waals surface area contributed by atoms with Crippen molar-refractivity contribution in [3.8, 4) is 6.07 Å². The number of nitro groups is 1. The maximum Gasteiger partial charge on any atom is 0.293 e. The molecule has 0 spiro atoms. The van der Waals surface area contributed by atoms with Crippen molar-refractivity contribution >= 4 is 11.4 Å². The zero-order valence-corrected chi connectivity index (χ0v) is 11.8. The normalized spacial score (nSPS) is 11.5. The molecule has 0 aromatic heterocycles. The van der Waals surface area contributed by atoms with Gasteiger partial charge in [-0.2, -0.15) is 5.26 Å². The van der Waals surface area contributed by atoms with Crippen LogP contribution in [0, 0.1) is 28.4 Å². The minimum absolute atomic E-state index is 0.0720. The van der Waals surface area contributed by atoms with Crippen LogP contribution in [0.4, 0.5) is 11.4 Å². The molecule has 0 heterocycles. The van der Waals surface area contributed by atoms with E-state index in [-0.39, 0.29) is 17.3 Å². The van der Waals surface area contributed by atoms with Crippen LogP contribution in [0.1, 0.15) is 29.7 Å². The minimum Gasteiger partial charge on any atom is -0.373 e. The Morgan fingerprint density at radius 2 is 1.90 bits per heavy atom. The van der Waals surface area contributed by atoms with E-state index in [1.165, 1.54) is 6.07 Å². The van der Waals surface area contributed by atoms with Crippen LogP contribution in [0.2, 0.25) is 0 Å². The highest BCUT2D eigenvalue weighted by Crippen LogP contribution is 2.29. The molecule has 2 aromatic carbocycles. The molecule has 1 unspecified atom stereocenters. The third-order valence-electron chi connectivity index (χ3n) is 3.27. The molecule has 106 valence electrons. The summed E-state index contributed by atoms with van der Waals surface area (Å²) in [5.41, 5.74) is 2.80. The molecule has 0 bridgehead atoms. The monoisotopic (exact) mass is 281 g/mol. The Hall–Kier alpha value is -2.87. The van der Waals surface area contributed by atoms with Gasteiger partial charge in [0.15, 0.2) is 0 Å². The van der Waals surface area contributed by atoms with E-state index in [1.807, 2.05) is 44.2 Å². The fraction of sp³-hybridized carbons (Fsp3) is 0.188. The predicted molar refractivity (Wildman–Crippen MR) is 81.0 cm³/mol. The Balaban J connectivity index is 2.28. The van der Waals surface area contributed by atoms with Gasteiger partial charge in [-0.3, -0.25) is 10.1 Å². The van der Waals surface area contributed by atoms with Gasteiger partial charge in [-0.25, -0.2) is 0 Å². The van der Waals surface area contributed by atoms with Crippen molar-refractivity contribution in [3.05, 3.63) is 69.3 Å². The number of nitrogens with zero attached hydrogens (tertiary/aromatic N) is 2. The first-order valence-electron chi connectivity index (χ1n) is 6.53. The fourth-order valence-corrected chi connectivity index (χ4v) is 2.05. The summed E-state index contributed by atoms with van der Waals surface area (Å²) in [7, 11) is 0. The van der Waals surface area contributed by atoms with Crippen LogP contribution in [0.15, 0.2) is 42.5 Å². The zero-order chi connectivity index (χ0) is 15.4. The Morgan fingerprint density at radius 1 is 1.24 bits per heavy atom. The smallest absolute Gasteiger partial charge is 0.293 e. The number of anilines is 1. The Morgan fingerprint density at radius 3 is 2.48 bits per heavy atom. The maximum atomic E-state index is 11.1. The van der Waals surface area contributed by atoms with Gasteiger partial charge in [-0.1, -0.05) is 29.8 Å². The standard InChI is InChI=1S/C16H15N3O2/c1-11-3-6-14(7-4-11)12(2)18-15-8-5-13(10-17)9-16(15)19(20)21/h3-9,12,18H,1-2H3. The van der Waals surface area contributed by atoms with Gasteiger partial charge in [0.1, 0.15) is 5.69 Å². The van der Waals surface area contributed by atoms with Gasteiger partial charge in [-0.05, 0) is 31.5 Å². The van der Waals surface area contributed by atoms with Crippen LogP contribution in [0.5, 0.6) is 0 Å². The molecule has 0 saturated carbocycles. The molecular weight excluding hydrogens is 266 g/mol. The van der Waals surface area contributed by atoms with Gasteiger partial charge in [0.2, 0.25) is 0 Å². The van der Waals surface area contributed by atoms with E-state index in [0.717, 1.165) is 11.1 Å². The van der Waals surface area contributed by atoms with Crippen molar-refractivity contribution in [3.63, 3.8) is 0 Å². The van der Waals surface area contributed by atoms with Crippen molar-refractivity contribution in [1.82, 2.24) is 0 Å². The Kier molecular flexibility index (Phi) is 4.19. The highest BCUT2D eigenvalue weighted by molar-refractivity contribution is 5.64. The Labute approximate surface area is 123 Å². The molecule has 2 rings (SSSR count). The number of hydrogen-bond acceptors (Lipinski definition) is 4. The lowest BCUT2D eigenvalue weighted by Gasteiger charge is -2.16. The van der Waals surface area contributed by atoms with E-state index in [2.05, 4.69) is 5.32 Å². The first-order valence-corrected chi connectivity index (χ1v) is 6.53. The van der Waals surface area contributed by atoms with E-state index in [9.17, 15) is 10.1 Å². The second-order valence-electron chi connectivity index (χ2n) is 4.88. The number of aryl methyl sites for hydroxylation is 1. The summed E-state index contributed by atoms with van der Waals surface area (Å²) in [6.45, 7) is 3.94. The summed E-state index contributed by atoms with van der Waals surface area (Å²) in [5, 5.41) is 23.1. The van der Waals surface area contributed by atoms with Gasteiger partial charge in [0.25, 0.3) is 5.69 Å². The number of benzene rings is 2. The van der Waals surface area contributed by atoms with Crippen LogP contribution in [0.3, 0.4) is 0 Å². The molecule has 0 saturated heterocycles. The largest absolute Gasteiger partial charge is 0.373 e. The van der Waals surface area contributed by atoms with Gasteiger partial charge >= 0.3 is 0 Å². The van der Waals surface area contributed by atoms with Crippen LogP contribution in [0.25, 0.3) is 0 Å². The quantitative estimate of drug-likeness (QED) is 0.679. The molecule has 1 atom stereocenters. The van der Waals surface area contributed by atoms with Crippen LogP contribution < -0.4 is 5.32 Å². The molecule has 2 aromatic rings. The molecule has 0 aliphatic rings. The summed E-state index contributed by atoms with van der Waals surface area (Å²) in [6.07, 6.45) is 0. The van der Waals surface area contributed by atoms with Gasteiger partial charge in [0.05, 0.1) is 16.6 Å². The number of nitriles is 1. The number of nitro benzene ring substituents is 1. The molecule has 0 aliphatic heterocycles. The first kappa shape index (κ1) is 14.5. The maximum absolute atomic E-state index is 11.1. The zero-order valence-electron chi connectivity index (χ0n) is 11.8. The van der Waals surface area contributed by atoms with Gasteiger partial charge in [0, 0.05) is 12.1 Å². The molecule has 0 radical (unpaired) electrons. The Bertz CT molecular complexity index is 702. The topological polar surface area (TPSA) is 79.0 Å². The molecular formula is C16H15N3O2. The lowest BCUT2D eigenvalue weighted by atomic mass is 10.1. The van der Waals surface area contributed by atoms with Crippen LogP contribution in [-0.2, 0) is 0 Å². The first-order chi connectivity index (χ1) is 10.0. The lowest BCUT2D eigenvalue weighted by Crippen LogP contribution is -2.08. The number of nitrogens with one attached hydrogen (secondary N) is 1. The van der Waals surface area contributed by atoms with E-state index >= 15 is 0 Å². The molecule has 0 amide bonds. The molecule has 0 aliphatic carbocycles. The molecule has 21 heavy (non-hydrogen) atoms. The van der Waals surface area contributed by atoms with E-state index in [0.29, 0.717) is 5.69 Å². The van der Waals surface area contributed by atoms with Crippen molar-refractivity contribution < 1.29 is 4.92 Å². The van der Waals surface area contributed by atoms with Gasteiger partial charge in [-0.15, -0.1) is 0 Å². The van der Waals surface area contributed by atoms with E-state index in [1.54, 1.807) is 12.1 Å². The predicted octanol–water partition coefficient (Wildman–Crippen LogP) is 3.95. The van der Waals surface area contributed by atoms with E-state index < -0.39 is 4.92 Å². The highest BCUT2D eigenvalue weighted by Gasteiger charge is 2.16. The summed E-state index contributed by atoms with van der Waals surface area (Å²) in [5.74, 6) is 0. The molecule has 5 nitrogen and oxygen atoms in total. The summed E-state index contributed by atoms with van der Waals surface area (Å²) in [4.78, 5) is 10.6. The van der Waals surface area contributed by atoms with Crippen molar-refractivity contribution in [2.24, 2.45) is 0 Å². The van der Waals surface area contributed by atoms with Gasteiger partial charge < -0.3 is 5.32 Å². The second-order valence-corrected chi connectivity index (χ2v) is 4.88. The van der Waals surface area contributed by atoms with Crippen LogP contribution >= 0.6 is 0 Å². The average Bonchev–Trinajstić information content (AvgIpc) is 2.48. The minimum atomic E-state index is -0.481. The molecule has 1 N–H and O–H groups in total. The number of rotatable bonds is 4. The second kappa shape index (κ2) is 6.06. The summed E-state index contributed by atoms with van der Waals surface area (Å²) in [6, 6.07) is 14.2. The number of hydrogen-bond donors (Lipinski definition) is 1.